The molecular formula is C13H18INO. The van der Waals surface area contributed by atoms with Crippen molar-refractivity contribution in [2.24, 2.45) is 5.73 Å². The molecule has 2 rings (SSSR count). The molecule has 0 radical (unpaired) electrons. The van der Waals surface area contributed by atoms with E-state index in [-0.39, 0.29) is 11.6 Å². The van der Waals surface area contributed by atoms with Gasteiger partial charge in [0.25, 0.3) is 0 Å². The van der Waals surface area contributed by atoms with E-state index in [4.69, 9.17) is 10.5 Å². The first kappa shape index (κ1) is 12.3. The molecule has 0 saturated carbocycles. The van der Waals surface area contributed by atoms with Gasteiger partial charge in [-0.25, -0.2) is 0 Å². The zero-order valence-corrected chi connectivity index (χ0v) is 11.7. The highest BCUT2D eigenvalue weighted by molar-refractivity contribution is 14.1. The zero-order chi connectivity index (χ0) is 11.6. The average molecular weight is 331 g/mol. The van der Waals surface area contributed by atoms with Crippen LogP contribution in [0.1, 0.15) is 25.3 Å². The van der Waals surface area contributed by atoms with Crippen LogP contribution in [-0.4, -0.2) is 18.2 Å². The number of halogens is 1. The second-order valence-electron chi connectivity index (χ2n) is 4.70. The van der Waals surface area contributed by atoms with E-state index in [2.05, 4.69) is 53.8 Å². The van der Waals surface area contributed by atoms with Crippen molar-refractivity contribution in [2.45, 2.75) is 37.8 Å². The van der Waals surface area contributed by atoms with Crippen molar-refractivity contribution < 1.29 is 4.74 Å². The molecular weight excluding hydrogens is 313 g/mol. The Hall–Kier alpha value is -0.130. The summed E-state index contributed by atoms with van der Waals surface area (Å²) in [5, 5.41) is 0. The molecule has 1 aromatic rings. The largest absolute Gasteiger partial charge is 0.374 e. The van der Waals surface area contributed by atoms with Crippen molar-refractivity contribution in [1.82, 2.24) is 0 Å². The van der Waals surface area contributed by atoms with Gasteiger partial charge in [-0.3, -0.25) is 0 Å². The Bertz CT molecular complexity index is 343. The summed E-state index contributed by atoms with van der Waals surface area (Å²) in [5.41, 5.74) is 7.43. The summed E-state index contributed by atoms with van der Waals surface area (Å²) in [7, 11) is 0. The number of hydrogen-bond acceptors (Lipinski definition) is 2. The van der Waals surface area contributed by atoms with Crippen LogP contribution in [0.25, 0.3) is 0 Å². The minimum absolute atomic E-state index is 0.0926. The monoisotopic (exact) mass is 331 g/mol. The standard InChI is InChI=1S/C13H18INO/c1-13(7-2-8-16-13)12(15)9-10-3-5-11(14)6-4-10/h3-6,12H,2,7-9,15H2,1H3. The summed E-state index contributed by atoms with van der Waals surface area (Å²) in [6, 6.07) is 8.65. The van der Waals surface area contributed by atoms with Crippen molar-refractivity contribution in [3.05, 3.63) is 33.4 Å². The number of hydrogen-bond donors (Lipinski definition) is 1. The molecule has 1 aromatic carbocycles. The molecule has 2 unspecified atom stereocenters. The van der Waals surface area contributed by atoms with Crippen molar-refractivity contribution >= 4 is 22.6 Å². The van der Waals surface area contributed by atoms with Crippen LogP contribution in [0.15, 0.2) is 24.3 Å². The minimum atomic E-state index is -0.122. The molecule has 1 aliphatic rings. The maximum atomic E-state index is 6.26. The average Bonchev–Trinajstić information content (AvgIpc) is 2.70. The maximum Gasteiger partial charge on any atom is 0.0808 e. The van der Waals surface area contributed by atoms with E-state index in [0.717, 1.165) is 25.9 Å². The van der Waals surface area contributed by atoms with Gasteiger partial charge in [0, 0.05) is 16.2 Å². The second-order valence-corrected chi connectivity index (χ2v) is 5.95. The van der Waals surface area contributed by atoms with E-state index in [0.29, 0.717) is 0 Å². The highest BCUT2D eigenvalue weighted by Gasteiger charge is 2.35. The lowest BCUT2D eigenvalue weighted by molar-refractivity contribution is -0.000904. The molecule has 88 valence electrons. The van der Waals surface area contributed by atoms with Gasteiger partial charge in [-0.2, -0.15) is 0 Å². The van der Waals surface area contributed by atoms with Crippen LogP contribution in [0.2, 0.25) is 0 Å². The van der Waals surface area contributed by atoms with E-state index >= 15 is 0 Å². The molecule has 1 fully saturated rings. The molecule has 0 aliphatic carbocycles. The molecule has 0 bridgehead atoms. The zero-order valence-electron chi connectivity index (χ0n) is 9.58. The van der Waals surface area contributed by atoms with Gasteiger partial charge in [0.1, 0.15) is 0 Å². The quantitative estimate of drug-likeness (QED) is 0.865. The van der Waals surface area contributed by atoms with Crippen molar-refractivity contribution in [3.63, 3.8) is 0 Å². The van der Waals surface area contributed by atoms with Crippen LogP contribution in [0.3, 0.4) is 0 Å². The Morgan fingerprint density at radius 2 is 2.12 bits per heavy atom. The first-order chi connectivity index (χ1) is 7.60. The van der Waals surface area contributed by atoms with E-state index in [1.54, 1.807) is 0 Å². The Morgan fingerprint density at radius 1 is 1.44 bits per heavy atom. The summed E-state index contributed by atoms with van der Waals surface area (Å²) in [6.45, 7) is 2.99. The number of ether oxygens (including phenoxy) is 1. The van der Waals surface area contributed by atoms with Crippen LogP contribution >= 0.6 is 22.6 Å². The van der Waals surface area contributed by atoms with E-state index in [1.807, 2.05) is 0 Å². The third-order valence-corrected chi connectivity index (χ3v) is 4.12. The summed E-state index contributed by atoms with van der Waals surface area (Å²) in [4.78, 5) is 0. The van der Waals surface area contributed by atoms with Gasteiger partial charge < -0.3 is 10.5 Å². The lowest BCUT2D eigenvalue weighted by Gasteiger charge is -2.30. The van der Waals surface area contributed by atoms with Gasteiger partial charge in [-0.1, -0.05) is 12.1 Å². The Balaban J connectivity index is 2.01. The molecule has 3 heteroatoms. The summed E-state index contributed by atoms with van der Waals surface area (Å²) in [6.07, 6.45) is 3.11. The highest BCUT2D eigenvalue weighted by Crippen LogP contribution is 2.29. The smallest absolute Gasteiger partial charge is 0.0808 e. The normalized spacial score (nSPS) is 26.9. The summed E-state index contributed by atoms with van der Waals surface area (Å²) in [5.74, 6) is 0. The molecule has 2 atom stereocenters. The lowest BCUT2D eigenvalue weighted by Crippen LogP contribution is -2.46. The third kappa shape index (κ3) is 2.76. The van der Waals surface area contributed by atoms with Gasteiger partial charge in [0.05, 0.1) is 5.60 Å². The van der Waals surface area contributed by atoms with Crippen LogP contribution in [-0.2, 0) is 11.2 Å². The van der Waals surface area contributed by atoms with E-state index in [1.165, 1.54) is 9.13 Å². The molecule has 0 spiro atoms. The van der Waals surface area contributed by atoms with Gasteiger partial charge in [-0.05, 0) is 66.5 Å². The van der Waals surface area contributed by atoms with Crippen molar-refractivity contribution in [3.8, 4) is 0 Å². The number of rotatable bonds is 3. The third-order valence-electron chi connectivity index (χ3n) is 3.40. The SMILES string of the molecule is CC1(C(N)Cc2ccc(I)cc2)CCCO1. The summed E-state index contributed by atoms with van der Waals surface area (Å²) < 4.78 is 7.03. The molecule has 1 heterocycles. The molecule has 2 N–H and O–H groups in total. The minimum Gasteiger partial charge on any atom is -0.374 e. The first-order valence-corrected chi connectivity index (χ1v) is 6.82. The van der Waals surface area contributed by atoms with Gasteiger partial charge in [0.15, 0.2) is 0 Å². The topological polar surface area (TPSA) is 35.2 Å². The van der Waals surface area contributed by atoms with Crippen LogP contribution in [0.5, 0.6) is 0 Å². The van der Waals surface area contributed by atoms with Gasteiger partial charge in [0.2, 0.25) is 0 Å². The summed E-state index contributed by atoms with van der Waals surface area (Å²) >= 11 is 2.32. The Kier molecular flexibility index (Phi) is 3.87. The lowest BCUT2D eigenvalue weighted by atomic mass is 9.89. The van der Waals surface area contributed by atoms with Gasteiger partial charge in [-0.15, -0.1) is 0 Å². The van der Waals surface area contributed by atoms with Crippen molar-refractivity contribution in [2.75, 3.05) is 6.61 Å². The number of nitrogens with two attached hydrogens (primary N) is 1. The molecule has 1 saturated heterocycles. The maximum absolute atomic E-state index is 6.26. The number of benzene rings is 1. The van der Waals surface area contributed by atoms with Crippen molar-refractivity contribution in [1.29, 1.82) is 0 Å². The predicted molar refractivity (Wildman–Crippen MR) is 74.4 cm³/mol. The first-order valence-electron chi connectivity index (χ1n) is 5.74. The molecule has 16 heavy (non-hydrogen) atoms. The highest BCUT2D eigenvalue weighted by atomic mass is 127. The van der Waals surface area contributed by atoms with Crippen LogP contribution in [0.4, 0.5) is 0 Å². The van der Waals surface area contributed by atoms with E-state index < -0.39 is 0 Å². The second kappa shape index (κ2) is 5.02. The molecule has 0 amide bonds. The fourth-order valence-electron chi connectivity index (χ4n) is 2.18. The Labute approximate surface area is 111 Å². The van der Waals surface area contributed by atoms with Crippen LogP contribution in [0, 0.1) is 3.57 Å². The fourth-order valence-corrected chi connectivity index (χ4v) is 2.54. The van der Waals surface area contributed by atoms with E-state index in [9.17, 15) is 0 Å². The van der Waals surface area contributed by atoms with Crippen LogP contribution < -0.4 is 5.73 Å². The fraction of sp³-hybridized carbons (Fsp3) is 0.538. The van der Waals surface area contributed by atoms with Gasteiger partial charge >= 0.3 is 0 Å². The molecule has 2 nitrogen and oxygen atoms in total. The predicted octanol–water partition coefficient (Wildman–Crippen LogP) is 2.73. The molecule has 0 aromatic heterocycles. The Morgan fingerprint density at radius 3 is 2.69 bits per heavy atom. The molecule has 1 aliphatic heterocycles.